The zero-order valence-electron chi connectivity index (χ0n) is 15.3. The van der Waals surface area contributed by atoms with Crippen LogP contribution >= 0.6 is 0 Å². The zero-order valence-corrected chi connectivity index (χ0v) is 16.1. The van der Waals surface area contributed by atoms with Gasteiger partial charge in [-0.2, -0.15) is 5.10 Å². The molecule has 146 valence electrons. The lowest BCUT2D eigenvalue weighted by Crippen LogP contribution is -2.37. The molecule has 27 heavy (non-hydrogen) atoms. The predicted octanol–water partition coefficient (Wildman–Crippen LogP) is 0.780. The number of nitrogens with one attached hydrogen (secondary N) is 3. The number of morpholine rings is 1. The Morgan fingerprint density at radius 2 is 1.96 bits per heavy atom. The van der Waals surface area contributed by atoms with Gasteiger partial charge in [0.05, 0.1) is 42.5 Å². The second-order valence-corrected chi connectivity index (χ2v) is 7.96. The van der Waals surface area contributed by atoms with E-state index in [2.05, 4.69) is 25.1 Å². The summed E-state index contributed by atoms with van der Waals surface area (Å²) in [6, 6.07) is 7.43. The second kappa shape index (κ2) is 8.07. The smallest absolute Gasteiger partial charge is 0.244 e. The Labute approximate surface area is 158 Å². The minimum atomic E-state index is -3.83. The number of ether oxygens (including phenoxy) is 1. The van der Waals surface area contributed by atoms with Crippen LogP contribution in [-0.4, -0.2) is 57.4 Å². The standard InChI is InChI=1S/C17H23N5O4S/c1-12-17(13(2)21-20-12)27(24,25)18-11-16(23)19-14-5-3-4-6-15(14)22-7-9-26-10-8-22/h3-6,18H,7-11H2,1-2H3,(H,19,23)(H,20,21). The molecule has 0 radical (unpaired) electrons. The topological polar surface area (TPSA) is 116 Å². The summed E-state index contributed by atoms with van der Waals surface area (Å²) in [5.41, 5.74) is 2.31. The fraction of sp³-hybridized carbons (Fsp3) is 0.412. The highest BCUT2D eigenvalue weighted by Crippen LogP contribution is 2.26. The van der Waals surface area contributed by atoms with Crippen LogP contribution in [-0.2, 0) is 19.6 Å². The Hall–Kier alpha value is -2.43. The Bertz CT molecular complexity index is 900. The van der Waals surface area contributed by atoms with E-state index in [4.69, 9.17) is 4.74 Å². The molecule has 1 aliphatic rings. The van der Waals surface area contributed by atoms with Crippen LogP contribution in [0.1, 0.15) is 11.4 Å². The van der Waals surface area contributed by atoms with Gasteiger partial charge in [0.1, 0.15) is 4.90 Å². The summed E-state index contributed by atoms with van der Waals surface area (Å²) in [4.78, 5) is 14.5. The highest BCUT2D eigenvalue weighted by Gasteiger charge is 2.23. The van der Waals surface area contributed by atoms with Crippen LogP contribution in [0.5, 0.6) is 0 Å². The van der Waals surface area contributed by atoms with E-state index in [1.54, 1.807) is 19.9 Å². The van der Waals surface area contributed by atoms with Crippen LogP contribution in [0.15, 0.2) is 29.2 Å². The predicted molar refractivity (Wildman–Crippen MR) is 101 cm³/mol. The monoisotopic (exact) mass is 393 g/mol. The molecule has 0 unspecified atom stereocenters. The number of rotatable bonds is 6. The Morgan fingerprint density at radius 3 is 2.63 bits per heavy atom. The Balaban J connectivity index is 1.66. The number of nitrogens with zero attached hydrogens (tertiary/aromatic N) is 2. The lowest BCUT2D eigenvalue weighted by Gasteiger charge is -2.30. The zero-order chi connectivity index (χ0) is 19.4. The van der Waals surface area contributed by atoms with Gasteiger partial charge in [0.2, 0.25) is 15.9 Å². The molecule has 10 heteroatoms. The third-order valence-corrected chi connectivity index (χ3v) is 5.95. The average molecular weight is 393 g/mol. The molecule has 3 rings (SSSR count). The van der Waals surface area contributed by atoms with Crippen molar-refractivity contribution in [3.05, 3.63) is 35.7 Å². The van der Waals surface area contributed by atoms with Gasteiger partial charge in [-0.3, -0.25) is 9.89 Å². The number of benzene rings is 1. The molecule has 1 aromatic heterocycles. The third kappa shape index (κ3) is 4.46. The van der Waals surface area contributed by atoms with E-state index in [0.29, 0.717) is 30.3 Å². The normalized spacial score (nSPS) is 15.0. The Kier molecular flexibility index (Phi) is 5.78. The van der Waals surface area contributed by atoms with E-state index in [9.17, 15) is 13.2 Å². The summed E-state index contributed by atoms with van der Waals surface area (Å²) in [6.45, 7) is 5.57. The molecular formula is C17H23N5O4S. The van der Waals surface area contributed by atoms with Crippen molar-refractivity contribution in [1.29, 1.82) is 0 Å². The van der Waals surface area contributed by atoms with Gasteiger partial charge >= 0.3 is 0 Å². The number of hydrogen-bond donors (Lipinski definition) is 3. The first-order chi connectivity index (χ1) is 12.9. The number of amides is 1. The first kappa shape index (κ1) is 19.3. The number of hydrogen-bond acceptors (Lipinski definition) is 6. The van der Waals surface area contributed by atoms with Crippen molar-refractivity contribution in [3.8, 4) is 0 Å². The van der Waals surface area contributed by atoms with Crippen molar-refractivity contribution >= 4 is 27.3 Å². The van der Waals surface area contributed by atoms with Gasteiger partial charge in [0, 0.05) is 13.1 Å². The number of sulfonamides is 1. The molecule has 0 bridgehead atoms. The molecule has 1 aliphatic heterocycles. The van der Waals surface area contributed by atoms with Crippen LogP contribution in [0.3, 0.4) is 0 Å². The quantitative estimate of drug-likeness (QED) is 0.668. The molecule has 0 saturated carbocycles. The molecule has 0 spiro atoms. The highest BCUT2D eigenvalue weighted by molar-refractivity contribution is 7.89. The summed E-state index contributed by atoms with van der Waals surface area (Å²) >= 11 is 0. The van der Waals surface area contributed by atoms with Crippen molar-refractivity contribution in [2.24, 2.45) is 0 Å². The summed E-state index contributed by atoms with van der Waals surface area (Å²) in [6.07, 6.45) is 0. The number of carbonyl (C=O) groups is 1. The summed E-state index contributed by atoms with van der Waals surface area (Å²) < 4.78 is 32.6. The third-order valence-electron chi connectivity index (χ3n) is 4.28. The van der Waals surface area contributed by atoms with Gasteiger partial charge in [0.15, 0.2) is 0 Å². The average Bonchev–Trinajstić information content (AvgIpc) is 3.00. The van der Waals surface area contributed by atoms with Gasteiger partial charge < -0.3 is 15.0 Å². The number of para-hydroxylation sites is 2. The maximum atomic E-state index is 12.4. The molecule has 1 amide bonds. The maximum absolute atomic E-state index is 12.4. The Morgan fingerprint density at radius 1 is 1.26 bits per heavy atom. The number of carbonyl (C=O) groups excluding carboxylic acids is 1. The lowest BCUT2D eigenvalue weighted by atomic mass is 10.2. The second-order valence-electron chi connectivity index (χ2n) is 6.25. The van der Waals surface area contributed by atoms with Crippen molar-refractivity contribution in [1.82, 2.24) is 14.9 Å². The van der Waals surface area contributed by atoms with Crippen LogP contribution in [0.4, 0.5) is 11.4 Å². The first-order valence-corrected chi connectivity index (χ1v) is 10.1. The van der Waals surface area contributed by atoms with Gasteiger partial charge in [-0.25, -0.2) is 13.1 Å². The number of aryl methyl sites for hydroxylation is 2. The van der Waals surface area contributed by atoms with E-state index >= 15 is 0 Å². The minimum Gasteiger partial charge on any atom is -0.378 e. The van der Waals surface area contributed by atoms with Gasteiger partial charge in [-0.15, -0.1) is 0 Å². The van der Waals surface area contributed by atoms with Crippen molar-refractivity contribution < 1.29 is 17.9 Å². The van der Waals surface area contributed by atoms with Crippen LogP contribution in [0, 0.1) is 13.8 Å². The number of anilines is 2. The maximum Gasteiger partial charge on any atom is 0.244 e. The molecular weight excluding hydrogens is 370 g/mol. The molecule has 9 nitrogen and oxygen atoms in total. The van der Waals surface area contributed by atoms with Gasteiger partial charge in [-0.05, 0) is 26.0 Å². The molecule has 2 heterocycles. The fourth-order valence-corrected chi connectivity index (χ4v) is 4.37. The molecule has 3 N–H and O–H groups in total. The number of H-pyrrole nitrogens is 1. The van der Waals surface area contributed by atoms with Crippen molar-refractivity contribution in [2.45, 2.75) is 18.7 Å². The summed E-state index contributed by atoms with van der Waals surface area (Å²) in [5.74, 6) is -0.446. The molecule has 1 saturated heterocycles. The molecule has 0 aliphatic carbocycles. The van der Waals surface area contributed by atoms with Crippen LogP contribution in [0.25, 0.3) is 0 Å². The number of aromatic nitrogens is 2. The minimum absolute atomic E-state index is 0.0732. The van der Waals surface area contributed by atoms with Crippen LogP contribution < -0.4 is 14.9 Å². The van der Waals surface area contributed by atoms with Crippen molar-refractivity contribution in [2.75, 3.05) is 43.1 Å². The van der Waals surface area contributed by atoms with E-state index < -0.39 is 15.9 Å². The van der Waals surface area contributed by atoms with Crippen molar-refractivity contribution in [3.63, 3.8) is 0 Å². The summed E-state index contributed by atoms with van der Waals surface area (Å²) in [5, 5.41) is 9.29. The van der Waals surface area contributed by atoms with E-state index in [1.807, 2.05) is 18.2 Å². The number of aromatic amines is 1. The van der Waals surface area contributed by atoms with E-state index in [1.165, 1.54) is 0 Å². The molecule has 1 fully saturated rings. The first-order valence-electron chi connectivity index (χ1n) is 8.61. The fourth-order valence-electron chi connectivity index (χ4n) is 3.02. The van der Waals surface area contributed by atoms with Gasteiger partial charge in [-0.1, -0.05) is 12.1 Å². The lowest BCUT2D eigenvalue weighted by molar-refractivity contribution is -0.115. The summed E-state index contributed by atoms with van der Waals surface area (Å²) in [7, 11) is -3.83. The highest BCUT2D eigenvalue weighted by atomic mass is 32.2. The SMILES string of the molecule is Cc1n[nH]c(C)c1S(=O)(=O)NCC(=O)Nc1ccccc1N1CCOCC1. The largest absolute Gasteiger partial charge is 0.378 e. The van der Waals surface area contributed by atoms with E-state index in [0.717, 1.165) is 18.8 Å². The molecule has 1 aromatic carbocycles. The van der Waals surface area contributed by atoms with Crippen LogP contribution in [0.2, 0.25) is 0 Å². The molecule has 0 atom stereocenters. The van der Waals surface area contributed by atoms with E-state index in [-0.39, 0.29) is 11.4 Å². The molecule has 2 aromatic rings. The van der Waals surface area contributed by atoms with Gasteiger partial charge in [0.25, 0.3) is 0 Å².